The minimum atomic E-state index is -1.21. The molecule has 0 unspecified atom stereocenters. The lowest BCUT2D eigenvalue weighted by molar-refractivity contribution is -0.305. The molecule has 2 rings (SSSR count). The van der Waals surface area contributed by atoms with Gasteiger partial charge in [-0.15, -0.1) is 0 Å². The summed E-state index contributed by atoms with van der Waals surface area (Å²) in [5.41, 5.74) is 0.829. The molecule has 4 nitrogen and oxygen atoms in total. The molecule has 0 bridgehead atoms. The molecule has 1 fully saturated rings. The quantitative estimate of drug-likeness (QED) is 0.622. The van der Waals surface area contributed by atoms with Crippen LogP contribution in [-0.2, 0) is 9.59 Å². The zero-order valence-electron chi connectivity index (χ0n) is 10.2. The number of thiocarbonyl (C=S) groups is 1. The number of hydrogen-bond acceptors (Lipinski definition) is 5. The third-order valence-corrected chi connectivity index (χ3v) is 4.21. The van der Waals surface area contributed by atoms with E-state index in [1.807, 2.05) is 0 Å². The van der Waals surface area contributed by atoms with E-state index in [9.17, 15) is 14.7 Å². The Morgan fingerprint density at radius 2 is 2.05 bits per heavy atom. The Morgan fingerprint density at radius 1 is 1.40 bits per heavy atom. The minimum Gasteiger partial charge on any atom is -0.550 e. The van der Waals surface area contributed by atoms with E-state index in [-0.39, 0.29) is 18.9 Å². The summed E-state index contributed by atoms with van der Waals surface area (Å²) in [6, 6.07) is 7.03. The van der Waals surface area contributed by atoms with E-state index in [1.54, 1.807) is 30.3 Å². The normalized spacial score (nSPS) is 17.1. The zero-order valence-corrected chi connectivity index (χ0v) is 12.6. The summed E-state index contributed by atoms with van der Waals surface area (Å²) in [7, 11) is 0. The van der Waals surface area contributed by atoms with Crippen LogP contribution in [0.5, 0.6) is 0 Å². The number of halogens is 1. The molecular weight excluding hydrogens is 318 g/mol. The molecule has 1 aromatic rings. The first-order chi connectivity index (χ1) is 9.47. The molecule has 20 heavy (non-hydrogen) atoms. The predicted octanol–water partition coefficient (Wildman–Crippen LogP) is 1.68. The molecule has 104 valence electrons. The largest absolute Gasteiger partial charge is 0.550 e. The molecule has 0 aromatic heterocycles. The number of carbonyl (C=O) groups is 2. The standard InChI is InChI=1S/C13H10ClNO3S2/c14-9-3-1-8(2-4-9)7-10-12(18)15(13(19)20-10)6-5-11(16)17/h1-4,7H,5-6H2,(H,16,17)/p-1/b10-7-. The molecule has 1 heterocycles. The van der Waals surface area contributed by atoms with Crippen LogP contribution in [0.15, 0.2) is 29.2 Å². The summed E-state index contributed by atoms with van der Waals surface area (Å²) < 4.78 is 0.358. The highest BCUT2D eigenvalue weighted by Crippen LogP contribution is 2.32. The molecular formula is C13H9ClNO3S2-. The van der Waals surface area contributed by atoms with Crippen molar-refractivity contribution in [3.63, 3.8) is 0 Å². The van der Waals surface area contributed by atoms with E-state index in [0.717, 1.165) is 17.3 Å². The fraction of sp³-hybridized carbons (Fsp3) is 0.154. The van der Waals surface area contributed by atoms with Gasteiger partial charge in [-0.2, -0.15) is 0 Å². The topological polar surface area (TPSA) is 60.4 Å². The molecule has 1 amide bonds. The van der Waals surface area contributed by atoms with Gasteiger partial charge in [-0.05, 0) is 23.8 Å². The van der Waals surface area contributed by atoms with E-state index in [1.165, 1.54) is 4.90 Å². The second-order valence-electron chi connectivity index (χ2n) is 4.01. The van der Waals surface area contributed by atoms with Crippen LogP contribution >= 0.6 is 35.6 Å². The summed E-state index contributed by atoms with van der Waals surface area (Å²) in [6.45, 7) is 0.0327. The number of benzene rings is 1. The first-order valence-corrected chi connectivity index (χ1v) is 7.28. The maximum absolute atomic E-state index is 12.1. The number of hydrogen-bond donors (Lipinski definition) is 0. The summed E-state index contributed by atoms with van der Waals surface area (Å²) in [4.78, 5) is 24.3. The maximum atomic E-state index is 12.1. The van der Waals surface area contributed by atoms with E-state index < -0.39 is 5.97 Å². The van der Waals surface area contributed by atoms with E-state index in [4.69, 9.17) is 23.8 Å². The van der Waals surface area contributed by atoms with Crippen LogP contribution < -0.4 is 5.11 Å². The zero-order chi connectivity index (χ0) is 14.7. The Kier molecular flexibility index (Phi) is 4.80. The number of nitrogens with zero attached hydrogens (tertiary/aromatic N) is 1. The van der Waals surface area contributed by atoms with Gasteiger partial charge in [-0.3, -0.25) is 9.69 Å². The lowest BCUT2D eigenvalue weighted by atomic mass is 10.2. The molecule has 1 aliphatic rings. The Hall–Kier alpha value is -1.37. The van der Waals surface area contributed by atoms with Gasteiger partial charge in [0.05, 0.1) is 4.91 Å². The van der Waals surface area contributed by atoms with Gasteiger partial charge >= 0.3 is 0 Å². The molecule has 0 spiro atoms. The molecule has 1 saturated heterocycles. The van der Waals surface area contributed by atoms with Gasteiger partial charge in [0.1, 0.15) is 4.32 Å². The predicted molar refractivity (Wildman–Crippen MR) is 81.0 cm³/mol. The highest BCUT2D eigenvalue weighted by Gasteiger charge is 2.31. The first-order valence-electron chi connectivity index (χ1n) is 5.68. The number of carbonyl (C=O) groups excluding carboxylic acids is 2. The van der Waals surface area contributed by atoms with Crippen molar-refractivity contribution in [2.75, 3.05) is 6.54 Å². The van der Waals surface area contributed by atoms with Crippen LogP contribution in [0.25, 0.3) is 6.08 Å². The van der Waals surface area contributed by atoms with Crippen molar-refractivity contribution in [1.82, 2.24) is 4.90 Å². The summed E-state index contributed by atoms with van der Waals surface area (Å²) in [5, 5.41) is 11.1. The van der Waals surface area contributed by atoms with Crippen molar-refractivity contribution in [2.45, 2.75) is 6.42 Å². The highest BCUT2D eigenvalue weighted by molar-refractivity contribution is 8.26. The van der Waals surface area contributed by atoms with Gasteiger partial charge in [-0.25, -0.2) is 0 Å². The number of aliphatic carboxylic acids is 1. The average molecular weight is 327 g/mol. The third kappa shape index (κ3) is 3.59. The third-order valence-electron chi connectivity index (χ3n) is 2.58. The first kappa shape index (κ1) is 15.0. The molecule has 0 N–H and O–H groups in total. The molecule has 7 heteroatoms. The SMILES string of the molecule is O=C([O-])CCN1C(=O)/C(=C/c2ccc(Cl)cc2)SC1=S. The second-order valence-corrected chi connectivity index (χ2v) is 6.12. The average Bonchev–Trinajstić information content (AvgIpc) is 2.65. The van der Waals surface area contributed by atoms with Gasteiger partial charge in [0.2, 0.25) is 0 Å². The van der Waals surface area contributed by atoms with Crippen LogP contribution in [0.1, 0.15) is 12.0 Å². The molecule has 1 aromatic carbocycles. The van der Waals surface area contributed by atoms with Crippen molar-refractivity contribution in [1.29, 1.82) is 0 Å². The van der Waals surface area contributed by atoms with Crippen molar-refractivity contribution in [3.05, 3.63) is 39.8 Å². The van der Waals surface area contributed by atoms with Gasteiger partial charge < -0.3 is 9.90 Å². The van der Waals surface area contributed by atoms with Crippen LogP contribution in [0, 0.1) is 0 Å². The van der Waals surface area contributed by atoms with Gasteiger partial charge in [0.15, 0.2) is 0 Å². The van der Waals surface area contributed by atoms with Crippen LogP contribution in [0.4, 0.5) is 0 Å². The Labute approximate surface area is 130 Å². The summed E-state index contributed by atoms with van der Waals surface area (Å²) >= 11 is 12.0. The van der Waals surface area contributed by atoms with E-state index >= 15 is 0 Å². The van der Waals surface area contributed by atoms with E-state index in [0.29, 0.717) is 14.2 Å². The fourth-order valence-electron chi connectivity index (χ4n) is 1.61. The van der Waals surface area contributed by atoms with Gasteiger partial charge in [-0.1, -0.05) is 47.7 Å². The molecule has 0 radical (unpaired) electrons. The second kappa shape index (κ2) is 6.39. The van der Waals surface area contributed by atoms with Crippen molar-refractivity contribution < 1.29 is 14.7 Å². The number of rotatable bonds is 4. The maximum Gasteiger partial charge on any atom is 0.266 e. The number of amides is 1. The van der Waals surface area contributed by atoms with Gasteiger partial charge in [0.25, 0.3) is 5.91 Å². The highest BCUT2D eigenvalue weighted by atomic mass is 35.5. The minimum absolute atomic E-state index is 0.0327. The number of carboxylic acid groups (broad SMARTS) is 1. The van der Waals surface area contributed by atoms with Crippen molar-refractivity contribution >= 4 is 57.9 Å². The fourth-order valence-corrected chi connectivity index (χ4v) is 3.04. The van der Waals surface area contributed by atoms with Crippen LogP contribution in [0.2, 0.25) is 5.02 Å². The van der Waals surface area contributed by atoms with Gasteiger partial charge in [0, 0.05) is 24.0 Å². The summed E-state index contributed by atoms with van der Waals surface area (Å²) in [5.74, 6) is -1.49. The Bertz CT molecular complexity index is 598. The number of carboxylic acids is 1. The Balaban J connectivity index is 2.14. The lowest BCUT2D eigenvalue weighted by Gasteiger charge is -2.14. The molecule has 0 saturated carbocycles. The molecule has 0 aliphatic carbocycles. The summed E-state index contributed by atoms with van der Waals surface area (Å²) in [6.07, 6.45) is 1.47. The van der Waals surface area contributed by atoms with E-state index in [2.05, 4.69) is 0 Å². The van der Waals surface area contributed by atoms with Crippen LogP contribution in [0.3, 0.4) is 0 Å². The number of thioether (sulfide) groups is 1. The molecule has 1 aliphatic heterocycles. The lowest BCUT2D eigenvalue weighted by Crippen LogP contribution is -2.33. The van der Waals surface area contributed by atoms with Crippen LogP contribution in [-0.4, -0.2) is 27.6 Å². The monoisotopic (exact) mass is 326 g/mol. The molecule has 0 atom stereocenters. The van der Waals surface area contributed by atoms with Crippen molar-refractivity contribution in [2.24, 2.45) is 0 Å². The smallest absolute Gasteiger partial charge is 0.266 e. The Morgan fingerprint density at radius 3 is 2.65 bits per heavy atom. The van der Waals surface area contributed by atoms with Crippen molar-refractivity contribution in [3.8, 4) is 0 Å².